The summed E-state index contributed by atoms with van der Waals surface area (Å²) in [7, 11) is 0.960. The molecule has 0 bridgehead atoms. The van der Waals surface area contributed by atoms with Crippen molar-refractivity contribution < 1.29 is 4.43 Å². The molecular weight excluding hydrogens is 164 g/mol. The van der Waals surface area contributed by atoms with Crippen LogP contribution in [0.3, 0.4) is 0 Å². The lowest BCUT2D eigenvalue weighted by Gasteiger charge is -2.34. The smallest absolute Gasteiger partial charge is 0.146 e. The highest BCUT2D eigenvalue weighted by Gasteiger charge is 2.60. The molecule has 0 aliphatic heterocycles. The van der Waals surface area contributed by atoms with E-state index in [2.05, 4.69) is 0 Å². The fraction of sp³-hybridized carbons (Fsp3) is 1.00. The molecule has 0 radical (unpaired) electrons. The van der Waals surface area contributed by atoms with Crippen LogP contribution in [0.5, 0.6) is 0 Å². The third-order valence-corrected chi connectivity index (χ3v) is 4.71. The van der Waals surface area contributed by atoms with Gasteiger partial charge in [-0.2, -0.15) is 0 Å². The zero-order valence-electron chi connectivity index (χ0n) is 7.88. The van der Waals surface area contributed by atoms with Crippen LogP contribution >= 0.6 is 0 Å². The van der Waals surface area contributed by atoms with Gasteiger partial charge in [0.2, 0.25) is 0 Å². The van der Waals surface area contributed by atoms with Crippen molar-refractivity contribution >= 4 is 10.5 Å². The lowest BCUT2D eigenvalue weighted by Crippen LogP contribution is -2.39. The third kappa shape index (κ3) is 0.941. The highest BCUT2D eigenvalue weighted by atomic mass is 28.2. The fourth-order valence-corrected chi connectivity index (χ4v) is 4.10. The maximum Gasteiger partial charge on any atom is 0.146 e. The van der Waals surface area contributed by atoms with Gasteiger partial charge in [0.25, 0.3) is 0 Å². The summed E-state index contributed by atoms with van der Waals surface area (Å²) in [6.07, 6.45) is 8.80. The first kappa shape index (κ1) is 7.57. The van der Waals surface area contributed by atoms with Crippen molar-refractivity contribution in [2.24, 2.45) is 17.8 Å². The number of rotatable bonds is 4. The average molecular weight is 182 g/mol. The molecule has 0 heterocycles. The van der Waals surface area contributed by atoms with E-state index in [4.69, 9.17) is 4.43 Å². The van der Waals surface area contributed by atoms with Crippen molar-refractivity contribution in [3.05, 3.63) is 0 Å². The van der Waals surface area contributed by atoms with Gasteiger partial charge in [0.15, 0.2) is 0 Å². The van der Waals surface area contributed by atoms with Crippen LogP contribution in [0.4, 0.5) is 0 Å². The molecule has 3 fully saturated rings. The summed E-state index contributed by atoms with van der Waals surface area (Å²) in [5.74, 6) is 2.94. The summed E-state index contributed by atoms with van der Waals surface area (Å²) in [6, 6.07) is 0. The van der Waals surface area contributed by atoms with Crippen LogP contribution in [0.2, 0.25) is 0 Å². The Hall–Kier alpha value is 0.177. The van der Waals surface area contributed by atoms with E-state index in [1.54, 1.807) is 0 Å². The van der Waals surface area contributed by atoms with Crippen LogP contribution in [0, 0.1) is 17.8 Å². The first-order chi connectivity index (χ1) is 5.88. The maximum absolute atomic E-state index is 6.05. The van der Waals surface area contributed by atoms with Crippen molar-refractivity contribution in [3.63, 3.8) is 0 Å². The van der Waals surface area contributed by atoms with E-state index in [1.807, 2.05) is 0 Å². The first-order valence-corrected chi connectivity index (χ1v) is 6.24. The van der Waals surface area contributed by atoms with E-state index in [0.717, 1.165) is 28.2 Å². The molecule has 68 valence electrons. The summed E-state index contributed by atoms with van der Waals surface area (Å²) in [5.41, 5.74) is 0.437. The molecule has 0 N–H and O–H groups in total. The van der Waals surface area contributed by atoms with Crippen LogP contribution in [0.25, 0.3) is 0 Å². The molecule has 3 aliphatic carbocycles. The Morgan fingerprint density at radius 3 is 1.33 bits per heavy atom. The van der Waals surface area contributed by atoms with Crippen molar-refractivity contribution in [1.82, 2.24) is 0 Å². The Balaban J connectivity index is 1.85. The summed E-state index contributed by atoms with van der Waals surface area (Å²) >= 11 is 0. The van der Waals surface area contributed by atoms with Crippen LogP contribution in [-0.4, -0.2) is 16.1 Å². The summed E-state index contributed by atoms with van der Waals surface area (Å²) in [5, 5.41) is 0. The van der Waals surface area contributed by atoms with Crippen LogP contribution in [0.15, 0.2) is 0 Å². The van der Waals surface area contributed by atoms with Crippen molar-refractivity contribution in [3.8, 4) is 0 Å². The lowest BCUT2D eigenvalue weighted by molar-refractivity contribution is 0.00805. The first-order valence-electron chi connectivity index (χ1n) is 5.43. The van der Waals surface area contributed by atoms with E-state index in [-0.39, 0.29) is 0 Å². The van der Waals surface area contributed by atoms with E-state index in [0.29, 0.717) is 5.60 Å². The van der Waals surface area contributed by atoms with Gasteiger partial charge in [-0.15, -0.1) is 0 Å². The van der Waals surface area contributed by atoms with Gasteiger partial charge in [0.1, 0.15) is 10.5 Å². The minimum Gasteiger partial charge on any atom is -0.422 e. The summed E-state index contributed by atoms with van der Waals surface area (Å²) in [6.45, 7) is 0. The maximum atomic E-state index is 6.05. The monoisotopic (exact) mass is 182 g/mol. The van der Waals surface area contributed by atoms with E-state index in [1.165, 1.54) is 38.5 Å². The highest BCUT2D eigenvalue weighted by Crippen LogP contribution is 2.62. The Kier molecular flexibility index (Phi) is 1.48. The van der Waals surface area contributed by atoms with Gasteiger partial charge in [0.05, 0.1) is 5.60 Å². The molecule has 3 aliphatic rings. The van der Waals surface area contributed by atoms with E-state index < -0.39 is 0 Å². The Labute approximate surface area is 77.4 Å². The zero-order chi connectivity index (χ0) is 8.18. The molecular formula is C10H18OSi. The summed E-state index contributed by atoms with van der Waals surface area (Å²) < 4.78 is 6.05. The second-order valence-electron chi connectivity index (χ2n) is 4.88. The molecule has 0 aromatic heterocycles. The highest BCUT2D eigenvalue weighted by molar-refractivity contribution is 5.98. The van der Waals surface area contributed by atoms with Crippen molar-refractivity contribution in [1.29, 1.82) is 0 Å². The Morgan fingerprint density at radius 1 is 0.833 bits per heavy atom. The molecule has 0 unspecified atom stereocenters. The normalized spacial score (nSPS) is 31.0. The molecule has 0 spiro atoms. The van der Waals surface area contributed by atoms with Gasteiger partial charge in [-0.3, -0.25) is 0 Å². The van der Waals surface area contributed by atoms with Crippen LogP contribution in [-0.2, 0) is 4.43 Å². The van der Waals surface area contributed by atoms with Gasteiger partial charge in [-0.1, -0.05) is 0 Å². The minimum absolute atomic E-state index is 0.437. The Bertz CT molecular complexity index is 161. The van der Waals surface area contributed by atoms with Crippen molar-refractivity contribution in [2.75, 3.05) is 0 Å². The molecule has 3 rings (SSSR count). The SMILES string of the molecule is [SiH3]OC(C1CC1)(C1CC1)C1CC1. The quantitative estimate of drug-likeness (QED) is 0.595. The predicted octanol–water partition coefficient (Wildman–Crippen LogP) is 1.25. The van der Waals surface area contributed by atoms with E-state index in [9.17, 15) is 0 Å². The molecule has 2 heteroatoms. The van der Waals surface area contributed by atoms with Gasteiger partial charge in [-0.25, -0.2) is 0 Å². The van der Waals surface area contributed by atoms with Crippen LogP contribution in [0.1, 0.15) is 38.5 Å². The Morgan fingerprint density at radius 2 is 1.17 bits per heavy atom. The zero-order valence-corrected chi connectivity index (χ0v) is 9.88. The van der Waals surface area contributed by atoms with Crippen LogP contribution < -0.4 is 0 Å². The van der Waals surface area contributed by atoms with Gasteiger partial charge in [0, 0.05) is 0 Å². The molecule has 0 atom stereocenters. The van der Waals surface area contributed by atoms with Gasteiger partial charge < -0.3 is 4.43 Å². The molecule has 0 saturated heterocycles. The number of hydrogen-bond acceptors (Lipinski definition) is 1. The largest absolute Gasteiger partial charge is 0.422 e. The second-order valence-corrected chi connectivity index (χ2v) is 5.29. The van der Waals surface area contributed by atoms with Gasteiger partial charge in [-0.05, 0) is 56.3 Å². The predicted molar refractivity (Wildman–Crippen MR) is 51.9 cm³/mol. The molecule has 12 heavy (non-hydrogen) atoms. The fourth-order valence-electron chi connectivity index (χ4n) is 3.10. The molecule has 3 saturated carbocycles. The van der Waals surface area contributed by atoms with Gasteiger partial charge >= 0.3 is 0 Å². The molecule has 1 nitrogen and oxygen atoms in total. The average Bonchev–Trinajstić information content (AvgIpc) is 2.94. The molecule has 0 amide bonds. The third-order valence-electron chi connectivity index (χ3n) is 4.00. The number of hydrogen-bond donors (Lipinski definition) is 0. The summed E-state index contributed by atoms with van der Waals surface area (Å²) in [4.78, 5) is 0. The standard InChI is InChI=1S/C10H18OSi/c12-11-10(7-1-2-7,8-3-4-8)9-5-6-9/h7-9H,1-6H2,12H3. The molecule has 0 aromatic carbocycles. The topological polar surface area (TPSA) is 9.23 Å². The minimum atomic E-state index is 0.437. The lowest BCUT2D eigenvalue weighted by atomic mass is 9.86. The second kappa shape index (κ2) is 2.35. The van der Waals surface area contributed by atoms with E-state index >= 15 is 0 Å². The molecule has 0 aromatic rings. The van der Waals surface area contributed by atoms with Crippen molar-refractivity contribution in [2.45, 2.75) is 44.1 Å².